The quantitative estimate of drug-likeness (QED) is 0.752. The van der Waals surface area contributed by atoms with Gasteiger partial charge in [0.2, 0.25) is 21.4 Å². The molecule has 106 valence electrons. The van der Waals surface area contributed by atoms with E-state index in [-0.39, 0.29) is 5.56 Å². The molecule has 0 radical (unpaired) electrons. The van der Waals surface area contributed by atoms with Crippen LogP contribution >= 0.6 is 22.6 Å². The van der Waals surface area contributed by atoms with E-state index in [1.165, 1.54) is 12.1 Å². The molecule has 6 nitrogen and oxygen atoms in total. The summed E-state index contributed by atoms with van der Waals surface area (Å²) < 4.78 is 29.9. The molecule has 2 rings (SSSR count). The Bertz CT molecular complexity index is 736. The first-order chi connectivity index (χ1) is 9.18. The van der Waals surface area contributed by atoms with E-state index in [2.05, 4.69) is 0 Å². The lowest BCUT2D eigenvalue weighted by Gasteiger charge is -2.26. The first kappa shape index (κ1) is 15.0. The fourth-order valence-corrected chi connectivity index (χ4v) is 3.68. The van der Waals surface area contributed by atoms with Crippen molar-refractivity contribution in [2.75, 3.05) is 6.26 Å². The maximum Gasteiger partial charge on any atom is 0.371 e. The van der Waals surface area contributed by atoms with Crippen molar-refractivity contribution in [3.8, 4) is 0 Å². The Kier molecular flexibility index (Phi) is 3.63. The van der Waals surface area contributed by atoms with Crippen LogP contribution in [-0.4, -0.2) is 31.5 Å². The zero-order valence-electron chi connectivity index (χ0n) is 10.2. The molecule has 20 heavy (non-hydrogen) atoms. The average Bonchev–Trinajstić information content (AvgIpc) is 2.67. The molecule has 0 aromatic heterocycles. The molecule has 1 aliphatic rings. The average molecular weight is 408 g/mol. The number of carboxylic acids is 1. The van der Waals surface area contributed by atoms with Crippen molar-refractivity contribution < 1.29 is 27.9 Å². The summed E-state index contributed by atoms with van der Waals surface area (Å²) >= 11 is 1.96. The fraction of sp³-hybridized carbons (Fsp3) is 0.167. The topological polar surface area (TPSA) is 97.7 Å². The number of sulfone groups is 1. The van der Waals surface area contributed by atoms with Crippen molar-refractivity contribution in [2.24, 2.45) is 0 Å². The van der Waals surface area contributed by atoms with Gasteiger partial charge in [-0.05, 0) is 34.7 Å². The minimum Gasteiger partial charge on any atom is -0.475 e. The number of ether oxygens (including phenoxy) is 1. The molecule has 0 spiro atoms. The molecule has 1 aliphatic heterocycles. The number of rotatable bonds is 3. The van der Waals surface area contributed by atoms with Gasteiger partial charge in [-0.1, -0.05) is 12.1 Å². The maximum atomic E-state index is 12.1. The smallest absolute Gasteiger partial charge is 0.371 e. The molecule has 0 amide bonds. The first-order valence-corrected chi connectivity index (χ1v) is 8.29. The number of hydrogen-bond acceptors (Lipinski definition) is 5. The van der Waals surface area contributed by atoms with E-state index in [0.717, 1.165) is 6.26 Å². The lowest BCUT2D eigenvalue weighted by atomic mass is 10.1. The Balaban J connectivity index is 2.69. The normalized spacial score (nSPS) is 22.3. The Morgan fingerprint density at radius 1 is 1.40 bits per heavy atom. The molecule has 0 saturated heterocycles. The summed E-state index contributed by atoms with van der Waals surface area (Å²) in [6.45, 7) is 0. The summed E-state index contributed by atoms with van der Waals surface area (Å²) in [6.07, 6.45) is 1.53. The molecular formula is C12H9IO6S. The molecule has 1 atom stereocenters. The highest BCUT2D eigenvalue weighted by atomic mass is 127. The summed E-state index contributed by atoms with van der Waals surface area (Å²) in [5, 5.41) is 8.89. The highest BCUT2D eigenvalue weighted by Crippen LogP contribution is 2.40. The number of halogens is 1. The molecule has 0 aliphatic carbocycles. The standard InChI is InChI=1S/C12H9IO6S/c1-20(17,18)12(7-3-2-4-8(13)5-7)10(14)6-9(19-12)11(15)16/h2-6H,1H3,(H,15,16). The molecule has 0 saturated carbocycles. The van der Waals surface area contributed by atoms with Gasteiger partial charge < -0.3 is 9.84 Å². The van der Waals surface area contributed by atoms with E-state index in [1.807, 2.05) is 22.6 Å². The number of hydrogen-bond donors (Lipinski definition) is 1. The van der Waals surface area contributed by atoms with Crippen molar-refractivity contribution in [2.45, 2.75) is 4.93 Å². The van der Waals surface area contributed by atoms with Crippen molar-refractivity contribution in [3.05, 3.63) is 45.2 Å². The summed E-state index contributed by atoms with van der Waals surface area (Å²) in [6, 6.07) is 6.17. The predicted octanol–water partition coefficient (Wildman–Crippen LogP) is 1.06. The number of ketones is 1. The van der Waals surface area contributed by atoms with E-state index in [0.29, 0.717) is 9.65 Å². The molecule has 0 fully saturated rings. The molecule has 1 aromatic rings. The number of carboxylic acid groups (broad SMARTS) is 1. The van der Waals surface area contributed by atoms with Crippen LogP contribution in [0.2, 0.25) is 0 Å². The second-order valence-corrected chi connectivity index (χ2v) is 7.54. The zero-order chi connectivity index (χ0) is 15.1. The van der Waals surface area contributed by atoms with Crippen molar-refractivity contribution >= 4 is 44.2 Å². The van der Waals surface area contributed by atoms with Gasteiger partial charge in [0.05, 0.1) is 0 Å². The third kappa shape index (κ3) is 2.22. The van der Waals surface area contributed by atoms with Crippen LogP contribution in [0.15, 0.2) is 36.1 Å². The molecule has 8 heteroatoms. The van der Waals surface area contributed by atoms with Gasteiger partial charge in [0.1, 0.15) is 0 Å². The highest BCUT2D eigenvalue weighted by molar-refractivity contribution is 14.1. The Hall–Kier alpha value is -1.42. The van der Waals surface area contributed by atoms with Gasteiger partial charge in [-0.2, -0.15) is 0 Å². The molecule has 1 aromatic carbocycles. The van der Waals surface area contributed by atoms with Crippen molar-refractivity contribution in [1.29, 1.82) is 0 Å². The lowest BCUT2D eigenvalue weighted by molar-refractivity contribution is -0.138. The van der Waals surface area contributed by atoms with Gasteiger partial charge in [-0.25, -0.2) is 13.2 Å². The van der Waals surface area contributed by atoms with Crippen LogP contribution < -0.4 is 0 Å². The monoisotopic (exact) mass is 408 g/mol. The number of benzene rings is 1. The van der Waals surface area contributed by atoms with E-state index in [4.69, 9.17) is 9.84 Å². The largest absolute Gasteiger partial charge is 0.475 e. The van der Waals surface area contributed by atoms with Crippen LogP contribution in [0, 0.1) is 3.57 Å². The summed E-state index contributed by atoms with van der Waals surface area (Å²) in [5.74, 6) is -3.09. The number of carbonyl (C=O) groups is 2. The third-order valence-corrected chi connectivity index (χ3v) is 5.01. The van der Waals surface area contributed by atoms with Gasteiger partial charge in [-0.15, -0.1) is 0 Å². The Morgan fingerprint density at radius 3 is 2.50 bits per heavy atom. The number of carbonyl (C=O) groups excluding carboxylic acids is 1. The van der Waals surface area contributed by atoms with Crippen LogP contribution in [0.3, 0.4) is 0 Å². The van der Waals surface area contributed by atoms with E-state index in [9.17, 15) is 18.0 Å². The van der Waals surface area contributed by atoms with E-state index < -0.39 is 32.3 Å². The molecule has 1 heterocycles. The van der Waals surface area contributed by atoms with Gasteiger partial charge in [0.25, 0.3) is 4.93 Å². The molecule has 1 unspecified atom stereocenters. The summed E-state index contributed by atoms with van der Waals surface area (Å²) in [5.41, 5.74) is 0.0874. The van der Waals surface area contributed by atoms with Gasteiger partial charge >= 0.3 is 5.97 Å². The second kappa shape index (κ2) is 4.85. The van der Waals surface area contributed by atoms with Crippen LogP contribution in [0.4, 0.5) is 0 Å². The molecule has 1 N–H and O–H groups in total. The SMILES string of the molecule is CS(=O)(=O)C1(c2cccc(I)c2)OC(C(=O)O)=CC1=O. The fourth-order valence-electron chi connectivity index (χ4n) is 1.92. The first-order valence-electron chi connectivity index (χ1n) is 5.32. The Morgan fingerprint density at radius 2 is 2.05 bits per heavy atom. The Labute approximate surface area is 128 Å². The van der Waals surface area contributed by atoms with Crippen molar-refractivity contribution in [1.82, 2.24) is 0 Å². The predicted molar refractivity (Wildman–Crippen MR) is 77.5 cm³/mol. The van der Waals surface area contributed by atoms with E-state index in [1.54, 1.807) is 12.1 Å². The summed E-state index contributed by atoms with van der Waals surface area (Å²) in [7, 11) is -4.04. The maximum absolute atomic E-state index is 12.1. The van der Waals surface area contributed by atoms with Crippen LogP contribution in [-0.2, 0) is 29.1 Å². The number of aliphatic carboxylic acids is 1. The minimum atomic E-state index is -4.04. The van der Waals surface area contributed by atoms with Crippen LogP contribution in [0.25, 0.3) is 0 Å². The third-order valence-electron chi connectivity index (χ3n) is 2.78. The van der Waals surface area contributed by atoms with Crippen LogP contribution in [0.1, 0.15) is 5.56 Å². The lowest BCUT2D eigenvalue weighted by Crippen LogP contribution is -2.41. The van der Waals surface area contributed by atoms with Gasteiger partial charge in [0, 0.05) is 21.5 Å². The van der Waals surface area contributed by atoms with Gasteiger partial charge in [-0.3, -0.25) is 4.79 Å². The van der Waals surface area contributed by atoms with E-state index >= 15 is 0 Å². The summed E-state index contributed by atoms with van der Waals surface area (Å²) in [4.78, 5) is 20.7. The molecule has 0 bridgehead atoms. The van der Waals surface area contributed by atoms with Crippen molar-refractivity contribution in [3.63, 3.8) is 0 Å². The van der Waals surface area contributed by atoms with Gasteiger partial charge in [0.15, 0.2) is 0 Å². The van der Waals surface area contributed by atoms with Crippen LogP contribution in [0.5, 0.6) is 0 Å². The second-order valence-electron chi connectivity index (χ2n) is 4.18. The minimum absolute atomic E-state index is 0.0874. The molecular weight excluding hydrogens is 399 g/mol. The zero-order valence-corrected chi connectivity index (χ0v) is 13.1. The highest BCUT2D eigenvalue weighted by Gasteiger charge is 2.56.